The number of aryl methyl sites for hydroxylation is 1. The molecule has 254 valence electrons. The molecule has 7 atom stereocenters. The molecule has 4 heterocycles. The molecule has 1 spiro atoms. The van der Waals surface area contributed by atoms with Crippen molar-refractivity contribution in [2.75, 3.05) is 24.7 Å². The number of ether oxygens (including phenoxy) is 2. The van der Waals surface area contributed by atoms with Crippen molar-refractivity contribution < 1.29 is 33.8 Å². The van der Waals surface area contributed by atoms with Crippen LogP contribution in [0.1, 0.15) is 50.3 Å². The monoisotopic (exact) mass is 675 g/mol. The van der Waals surface area contributed by atoms with Crippen LogP contribution in [-0.4, -0.2) is 77.2 Å². The van der Waals surface area contributed by atoms with Crippen molar-refractivity contribution in [1.29, 1.82) is 0 Å². The number of esters is 1. The average Bonchev–Trinajstić information content (AvgIpc) is 3.45. The second kappa shape index (κ2) is 13.9. The van der Waals surface area contributed by atoms with Crippen LogP contribution in [0.25, 0.3) is 0 Å². The van der Waals surface area contributed by atoms with Gasteiger partial charge in [-0.15, -0.1) is 0 Å². The fraction of sp³-hybridized carbons (Fsp3) is 0.459. The summed E-state index contributed by atoms with van der Waals surface area (Å²) in [5.74, 6) is -3.69. The number of cyclic esters (lactones) is 1. The van der Waals surface area contributed by atoms with E-state index in [4.69, 9.17) is 21.1 Å². The second-order valence-corrected chi connectivity index (χ2v) is 13.8. The van der Waals surface area contributed by atoms with Gasteiger partial charge in [-0.05, 0) is 42.9 Å². The van der Waals surface area contributed by atoms with E-state index in [-0.39, 0.29) is 32.1 Å². The summed E-state index contributed by atoms with van der Waals surface area (Å²) in [4.78, 5) is 59.8. The minimum Gasteiger partial charge on any atom is -0.463 e. The first-order valence-corrected chi connectivity index (χ1v) is 17.0. The number of aliphatic hydroxyl groups excluding tert-OH is 1. The van der Waals surface area contributed by atoms with Crippen LogP contribution in [0.15, 0.2) is 72.8 Å². The van der Waals surface area contributed by atoms with Gasteiger partial charge in [0, 0.05) is 13.0 Å². The van der Waals surface area contributed by atoms with Gasteiger partial charge in [-0.3, -0.25) is 19.2 Å². The van der Waals surface area contributed by atoms with Gasteiger partial charge in [-0.1, -0.05) is 92.2 Å². The summed E-state index contributed by atoms with van der Waals surface area (Å²) in [6, 6.07) is 12.0. The molecule has 10 nitrogen and oxygen atoms in total. The number of aliphatic hydroxyl groups is 1. The van der Waals surface area contributed by atoms with Crippen LogP contribution in [0.5, 0.6) is 0 Å². The molecule has 4 aliphatic rings. The Morgan fingerprint density at radius 2 is 1.81 bits per heavy atom. The number of benzene rings is 2. The smallest absolute Gasteiger partial charge is 0.306 e. The van der Waals surface area contributed by atoms with Crippen molar-refractivity contribution in [2.24, 2.45) is 17.8 Å². The molecule has 2 N–H and O–H groups in total. The third-order valence-corrected chi connectivity index (χ3v) is 10.1. The Morgan fingerprint density at radius 3 is 2.52 bits per heavy atom. The zero-order valence-electron chi connectivity index (χ0n) is 27.4. The van der Waals surface area contributed by atoms with Crippen molar-refractivity contribution in [1.82, 2.24) is 10.2 Å². The lowest BCUT2D eigenvalue weighted by Crippen LogP contribution is -2.58. The van der Waals surface area contributed by atoms with E-state index >= 15 is 0 Å². The highest BCUT2D eigenvalue weighted by molar-refractivity contribution is 6.34. The molecule has 4 aliphatic heterocycles. The number of anilines is 1. The van der Waals surface area contributed by atoms with E-state index in [0.717, 1.165) is 11.1 Å². The first-order chi connectivity index (χ1) is 23.1. The lowest BCUT2D eigenvalue weighted by molar-refractivity contribution is -0.147. The fourth-order valence-electron chi connectivity index (χ4n) is 7.76. The van der Waals surface area contributed by atoms with E-state index in [2.05, 4.69) is 5.32 Å². The first kappa shape index (κ1) is 33.9. The molecule has 48 heavy (non-hydrogen) atoms. The highest BCUT2D eigenvalue weighted by Gasteiger charge is 2.72. The molecule has 2 aromatic carbocycles. The summed E-state index contributed by atoms with van der Waals surface area (Å²) in [5, 5.41) is 14.1. The van der Waals surface area contributed by atoms with E-state index in [9.17, 15) is 24.3 Å². The number of allylic oxidation sites excluding steroid dienone is 1. The lowest BCUT2D eigenvalue weighted by Gasteiger charge is -2.39. The minimum atomic E-state index is -1.52. The number of nitrogens with zero attached hydrogens (tertiary/aromatic N) is 2. The Kier molecular flexibility index (Phi) is 9.79. The largest absolute Gasteiger partial charge is 0.463 e. The van der Waals surface area contributed by atoms with E-state index in [1.807, 2.05) is 63.2 Å². The van der Waals surface area contributed by atoms with Crippen LogP contribution >= 0.6 is 11.6 Å². The van der Waals surface area contributed by atoms with Crippen molar-refractivity contribution in [3.8, 4) is 0 Å². The van der Waals surface area contributed by atoms with E-state index in [1.165, 1.54) is 4.90 Å². The fourth-order valence-corrected chi connectivity index (χ4v) is 8.08. The molecule has 0 aromatic heterocycles. The third kappa shape index (κ3) is 6.06. The van der Waals surface area contributed by atoms with Crippen molar-refractivity contribution in [3.05, 3.63) is 89.0 Å². The maximum Gasteiger partial charge on any atom is 0.306 e. The zero-order valence-corrected chi connectivity index (χ0v) is 28.1. The van der Waals surface area contributed by atoms with Crippen LogP contribution in [0.4, 0.5) is 5.69 Å². The Labute approximate surface area is 285 Å². The predicted molar refractivity (Wildman–Crippen MR) is 180 cm³/mol. The summed E-state index contributed by atoms with van der Waals surface area (Å²) in [7, 11) is 0. The molecule has 6 rings (SSSR count). The van der Waals surface area contributed by atoms with Crippen LogP contribution in [0, 0.1) is 24.7 Å². The maximum atomic E-state index is 14.9. The van der Waals surface area contributed by atoms with Gasteiger partial charge in [0.05, 0.1) is 47.3 Å². The highest BCUT2D eigenvalue weighted by Crippen LogP contribution is 2.54. The Morgan fingerprint density at radius 1 is 1.04 bits per heavy atom. The summed E-state index contributed by atoms with van der Waals surface area (Å²) in [6.07, 6.45) is 7.08. The summed E-state index contributed by atoms with van der Waals surface area (Å²) in [5.41, 5.74) is 0.534. The number of amides is 3. The SMILES string of the molecule is Cc1cccc(Cl)c1N1CC=C[C@]23O[C@@H]4/C=C\CCC(=O)OC[C@@H](c5ccccc5)NC(=O)[C@@H]4[C@H]2C(=O)N([C@@H](CO)CC(C)C)[C@@H]3C1=O. The number of halogens is 1. The molecule has 0 radical (unpaired) electrons. The van der Waals surface area contributed by atoms with Crippen LogP contribution in [-0.2, 0) is 28.7 Å². The second-order valence-electron chi connectivity index (χ2n) is 13.4. The number of nitrogens with one attached hydrogen (secondary N) is 1. The molecular formula is C37H42ClN3O7. The number of rotatable bonds is 6. The third-order valence-electron chi connectivity index (χ3n) is 9.81. The molecule has 2 aromatic rings. The normalized spacial score (nSPS) is 30.4. The van der Waals surface area contributed by atoms with Crippen molar-refractivity contribution in [2.45, 2.75) is 69.9 Å². The average molecular weight is 676 g/mol. The maximum absolute atomic E-state index is 14.9. The molecule has 0 bridgehead atoms. The Bertz CT molecular complexity index is 1610. The van der Waals surface area contributed by atoms with Gasteiger partial charge in [0.1, 0.15) is 18.2 Å². The minimum absolute atomic E-state index is 0.0828. The standard InChI is InChI=1S/C37H42ClN3O7/c1-22(2)19-25(20-42)41-33-36(46)40(32-23(3)11-9-14-26(32)38)18-10-17-37(33)31(35(41)45)30-28(48-37)15-7-8-16-29(43)47-21-27(39-34(30)44)24-12-5-4-6-13-24/h4-7,9-15,17,22,25,27-28,30-31,33,42H,8,16,18-21H2,1-3H3,(H,39,44)/b15-7-/t25-,27+,28-,30+,31+,33-,37+/m1/s1. The lowest BCUT2D eigenvalue weighted by atomic mass is 9.77. The van der Waals surface area contributed by atoms with E-state index in [0.29, 0.717) is 23.6 Å². The van der Waals surface area contributed by atoms with Gasteiger partial charge in [0.2, 0.25) is 11.8 Å². The molecule has 0 unspecified atom stereocenters. The molecule has 3 amide bonds. The van der Waals surface area contributed by atoms with Gasteiger partial charge < -0.3 is 29.7 Å². The predicted octanol–water partition coefficient (Wildman–Crippen LogP) is 4.29. The number of hydrogen-bond acceptors (Lipinski definition) is 7. The van der Waals surface area contributed by atoms with E-state index in [1.54, 1.807) is 35.3 Å². The topological polar surface area (TPSA) is 125 Å². The van der Waals surface area contributed by atoms with Gasteiger partial charge in [0.25, 0.3) is 5.91 Å². The van der Waals surface area contributed by atoms with E-state index < -0.39 is 65.4 Å². The molecule has 0 aliphatic carbocycles. The molecule has 11 heteroatoms. The zero-order chi connectivity index (χ0) is 34.2. The van der Waals surface area contributed by atoms with Gasteiger partial charge in [-0.25, -0.2) is 0 Å². The molecule has 2 fully saturated rings. The van der Waals surface area contributed by atoms with Crippen molar-refractivity contribution >= 4 is 41.0 Å². The molecular weight excluding hydrogens is 634 g/mol. The number of hydrogen-bond donors (Lipinski definition) is 2. The molecule has 0 saturated carbocycles. The van der Waals surface area contributed by atoms with Crippen LogP contribution in [0.2, 0.25) is 5.02 Å². The van der Waals surface area contributed by atoms with Crippen LogP contribution in [0.3, 0.4) is 0 Å². The summed E-state index contributed by atoms with van der Waals surface area (Å²) in [6.45, 7) is 5.56. The summed E-state index contributed by atoms with van der Waals surface area (Å²) < 4.78 is 12.4. The van der Waals surface area contributed by atoms with Crippen molar-refractivity contribution in [3.63, 3.8) is 0 Å². The number of carbonyl (C=O) groups excluding carboxylic acids is 4. The summed E-state index contributed by atoms with van der Waals surface area (Å²) >= 11 is 6.68. The Balaban J connectivity index is 1.48. The number of fused-ring (bicyclic) bond motifs is 2. The van der Waals surface area contributed by atoms with Crippen LogP contribution < -0.4 is 10.2 Å². The van der Waals surface area contributed by atoms with Gasteiger partial charge in [-0.2, -0.15) is 0 Å². The molecule has 2 saturated heterocycles. The Hall–Kier alpha value is -3.99. The van der Waals surface area contributed by atoms with Gasteiger partial charge in [0.15, 0.2) is 0 Å². The number of carbonyl (C=O) groups is 4. The number of para-hydroxylation sites is 1. The van der Waals surface area contributed by atoms with Gasteiger partial charge >= 0.3 is 5.97 Å². The highest BCUT2D eigenvalue weighted by atomic mass is 35.5. The number of likely N-dealkylation sites (tertiary alicyclic amines) is 1. The first-order valence-electron chi connectivity index (χ1n) is 16.6. The quantitative estimate of drug-likeness (QED) is 0.346.